The van der Waals surface area contributed by atoms with Crippen molar-refractivity contribution < 1.29 is 9.45 Å². The highest BCUT2D eigenvalue weighted by Gasteiger charge is 2.14. The van der Waals surface area contributed by atoms with E-state index in [1.165, 1.54) is 12.1 Å². The second-order valence-corrected chi connectivity index (χ2v) is 5.06. The summed E-state index contributed by atoms with van der Waals surface area (Å²) in [5.74, 6) is 0.661. The van der Waals surface area contributed by atoms with Crippen LogP contribution in [0.2, 0.25) is 0 Å². The summed E-state index contributed by atoms with van der Waals surface area (Å²) in [7, 11) is 0. The van der Waals surface area contributed by atoms with Crippen molar-refractivity contribution in [3.63, 3.8) is 0 Å². The second-order valence-electron chi connectivity index (χ2n) is 4.21. The van der Waals surface area contributed by atoms with Crippen LogP contribution in [0.25, 0.3) is 22.8 Å². The molecule has 0 aliphatic rings. The molecule has 3 rings (SSSR count). The highest BCUT2D eigenvalue weighted by Crippen LogP contribution is 2.29. The van der Waals surface area contributed by atoms with Crippen molar-refractivity contribution in [1.29, 1.82) is 0 Å². The predicted octanol–water partition coefficient (Wildman–Crippen LogP) is 4.07. The van der Waals surface area contributed by atoms with Gasteiger partial charge in [-0.1, -0.05) is 29.4 Å². The van der Waals surface area contributed by atoms with Crippen molar-refractivity contribution >= 4 is 21.6 Å². The van der Waals surface area contributed by atoms with Gasteiger partial charge < -0.3 is 4.52 Å². The van der Waals surface area contributed by atoms with Crippen LogP contribution in [0.4, 0.5) is 5.69 Å². The highest BCUT2D eigenvalue weighted by molar-refractivity contribution is 9.10. The van der Waals surface area contributed by atoms with Crippen LogP contribution in [-0.4, -0.2) is 15.1 Å². The number of hydrogen-bond donors (Lipinski definition) is 0. The third kappa shape index (κ3) is 2.68. The number of nitrogens with zero attached hydrogens (tertiary/aromatic N) is 3. The standard InChI is InChI=1S/C14H8BrN3O3/c15-12-7-2-1-6-11(12)14-16-13(17-21-14)9-4-3-5-10(8-9)18(19)20/h1-8H. The normalized spacial score (nSPS) is 10.5. The van der Waals surface area contributed by atoms with E-state index in [-0.39, 0.29) is 5.69 Å². The molecule has 0 saturated heterocycles. The molecule has 0 radical (unpaired) electrons. The summed E-state index contributed by atoms with van der Waals surface area (Å²) in [6.45, 7) is 0. The fourth-order valence-corrected chi connectivity index (χ4v) is 2.30. The van der Waals surface area contributed by atoms with Gasteiger partial charge in [0.1, 0.15) is 0 Å². The average molecular weight is 346 g/mol. The van der Waals surface area contributed by atoms with E-state index in [1.807, 2.05) is 24.3 Å². The van der Waals surface area contributed by atoms with Crippen LogP contribution in [0.3, 0.4) is 0 Å². The fraction of sp³-hybridized carbons (Fsp3) is 0. The molecule has 6 nitrogen and oxygen atoms in total. The van der Waals surface area contributed by atoms with Gasteiger partial charge in [0.2, 0.25) is 5.82 Å². The third-order valence-corrected chi connectivity index (χ3v) is 3.54. The topological polar surface area (TPSA) is 82.1 Å². The Labute approximate surface area is 127 Å². The number of hydrogen-bond acceptors (Lipinski definition) is 5. The largest absolute Gasteiger partial charge is 0.334 e. The number of benzene rings is 2. The number of halogens is 1. The minimum absolute atomic E-state index is 0.0141. The van der Waals surface area contributed by atoms with Crippen molar-refractivity contribution in [3.8, 4) is 22.8 Å². The Morgan fingerprint density at radius 2 is 1.95 bits per heavy atom. The molecule has 0 aliphatic carbocycles. The minimum atomic E-state index is -0.460. The van der Waals surface area contributed by atoms with Gasteiger partial charge in [0.25, 0.3) is 11.6 Å². The second kappa shape index (κ2) is 5.45. The van der Waals surface area contributed by atoms with Gasteiger partial charge in [-0.05, 0) is 28.1 Å². The highest BCUT2D eigenvalue weighted by atomic mass is 79.9. The van der Waals surface area contributed by atoms with Crippen LogP contribution in [0, 0.1) is 10.1 Å². The molecule has 0 saturated carbocycles. The van der Waals surface area contributed by atoms with E-state index in [1.54, 1.807) is 12.1 Å². The van der Waals surface area contributed by atoms with Gasteiger partial charge in [-0.25, -0.2) is 0 Å². The number of nitro benzene ring substituents is 1. The smallest absolute Gasteiger partial charge is 0.270 e. The lowest BCUT2D eigenvalue weighted by atomic mass is 10.2. The Morgan fingerprint density at radius 3 is 2.71 bits per heavy atom. The van der Waals surface area contributed by atoms with Crippen molar-refractivity contribution in [2.24, 2.45) is 0 Å². The van der Waals surface area contributed by atoms with Crippen molar-refractivity contribution in [2.75, 3.05) is 0 Å². The average Bonchev–Trinajstić information content (AvgIpc) is 2.97. The molecule has 3 aromatic rings. The van der Waals surface area contributed by atoms with E-state index in [0.717, 1.165) is 10.0 Å². The van der Waals surface area contributed by atoms with Crippen LogP contribution >= 0.6 is 15.9 Å². The molecular weight excluding hydrogens is 338 g/mol. The Hall–Kier alpha value is -2.54. The molecule has 7 heteroatoms. The lowest BCUT2D eigenvalue weighted by Crippen LogP contribution is -1.88. The zero-order chi connectivity index (χ0) is 14.8. The van der Waals surface area contributed by atoms with E-state index in [9.17, 15) is 10.1 Å². The zero-order valence-corrected chi connectivity index (χ0v) is 12.1. The van der Waals surface area contributed by atoms with Gasteiger partial charge in [-0.15, -0.1) is 0 Å². The molecule has 0 atom stereocenters. The van der Waals surface area contributed by atoms with Gasteiger partial charge in [0, 0.05) is 22.2 Å². The molecule has 0 bridgehead atoms. The Balaban J connectivity index is 2.01. The summed E-state index contributed by atoms with van der Waals surface area (Å²) in [4.78, 5) is 14.6. The van der Waals surface area contributed by atoms with Crippen molar-refractivity contribution in [2.45, 2.75) is 0 Å². The summed E-state index contributed by atoms with van der Waals surface area (Å²) in [6.07, 6.45) is 0. The molecule has 0 amide bonds. The van der Waals surface area contributed by atoms with E-state index >= 15 is 0 Å². The fourth-order valence-electron chi connectivity index (χ4n) is 1.84. The van der Waals surface area contributed by atoms with E-state index in [0.29, 0.717) is 17.3 Å². The van der Waals surface area contributed by atoms with Gasteiger partial charge in [-0.3, -0.25) is 10.1 Å². The van der Waals surface area contributed by atoms with Gasteiger partial charge >= 0.3 is 0 Å². The van der Waals surface area contributed by atoms with Gasteiger partial charge in [0.05, 0.1) is 10.5 Å². The molecule has 0 unspecified atom stereocenters. The maximum absolute atomic E-state index is 10.8. The molecule has 1 heterocycles. The first-order valence-corrected chi connectivity index (χ1v) is 6.78. The van der Waals surface area contributed by atoms with Gasteiger partial charge in [-0.2, -0.15) is 4.98 Å². The van der Waals surface area contributed by atoms with Crippen LogP contribution in [0.5, 0.6) is 0 Å². The molecule has 21 heavy (non-hydrogen) atoms. The van der Waals surface area contributed by atoms with Crippen LogP contribution < -0.4 is 0 Å². The quantitative estimate of drug-likeness (QED) is 0.527. The van der Waals surface area contributed by atoms with E-state index in [4.69, 9.17) is 4.52 Å². The molecule has 0 aliphatic heterocycles. The lowest BCUT2D eigenvalue weighted by Gasteiger charge is -1.96. The predicted molar refractivity (Wildman–Crippen MR) is 79.5 cm³/mol. The Kier molecular flexibility index (Phi) is 3.49. The van der Waals surface area contributed by atoms with Crippen LogP contribution in [-0.2, 0) is 0 Å². The SMILES string of the molecule is O=[N+]([O-])c1cccc(-c2noc(-c3ccccc3Br)n2)c1. The molecule has 1 aromatic heterocycles. The van der Waals surface area contributed by atoms with E-state index < -0.39 is 4.92 Å². The number of rotatable bonds is 3. The Morgan fingerprint density at radius 1 is 1.14 bits per heavy atom. The van der Waals surface area contributed by atoms with E-state index in [2.05, 4.69) is 26.1 Å². The maximum atomic E-state index is 10.8. The molecular formula is C14H8BrN3O3. The monoisotopic (exact) mass is 345 g/mol. The first-order valence-electron chi connectivity index (χ1n) is 5.98. The Bertz CT molecular complexity index is 816. The number of aromatic nitrogens is 2. The van der Waals surface area contributed by atoms with Crippen molar-refractivity contribution in [3.05, 3.63) is 63.1 Å². The van der Waals surface area contributed by atoms with Crippen LogP contribution in [0.1, 0.15) is 0 Å². The van der Waals surface area contributed by atoms with Gasteiger partial charge in [0.15, 0.2) is 0 Å². The molecule has 0 N–H and O–H groups in total. The summed E-state index contributed by atoms with van der Waals surface area (Å²) < 4.78 is 6.06. The minimum Gasteiger partial charge on any atom is -0.334 e. The molecule has 0 spiro atoms. The third-order valence-electron chi connectivity index (χ3n) is 2.85. The summed E-state index contributed by atoms with van der Waals surface area (Å²) in [5, 5.41) is 14.7. The molecule has 2 aromatic carbocycles. The summed E-state index contributed by atoms with van der Waals surface area (Å²) in [6, 6.07) is 13.6. The zero-order valence-electron chi connectivity index (χ0n) is 10.6. The first kappa shape index (κ1) is 13.4. The van der Waals surface area contributed by atoms with Crippen LogP contribution in [0.15, 0.2) is 57.5 Å². The number of non-ortho nitro benzene ring substituents is 1. The lowest BCUT2D eigenvalue weighted by molar-refractivity contribution is -0.384. The first-order chi connectivity index (χ1) is 10.1. The summed E-state index contributed by atoms with van der Waals surface area (Å²) >= 11 is 3.41. The number of nitro groups is 1. The molecule has 0 fully saturated rings. The van der Waals surface area contributed by atoms with Crippen molar-refractivity contribution in [1.82, 2.24) is 10.1 Å². The summed E-state index contributed by atoms with van der Waals surface area (Å²) in [5.41, 5.74) is 1.28. The maximum Gasteiger partial charge on any atom is 0.270 e. The molecule has 104 valence electrons.